The molecule has 2 atom stereocenters. The zero-order valence-electron chi connectivity index (χ0n) is 17.0. The normalized spacial score (nSPS) is 20.9. The van der Waals surface area contributed by atoms with Crippen molar-refractivity contribution in [2.24, 2.45) is 11.8 Å². The van der Waals surface area contributed by atoms with Crippen LogP contribution < -0.4 is 5.32 Å². The summed E-state index contributed by atoms with van der Waals surface area (Å²) in [6.45, 7) is 0.393. The molecule has 0 aromatic carbocycles. The van der Waals surface area contributed by atoms with Gasteiger partial charge in [0.1, 0.15) is 17.7 Å². The molecule has 1 aromatic rings. The predicted octanol–water partition coefficient (Wildman–Crippen LogP) is 1.65. The Kier molecular flexibility index (Phi) is 7.33. The molecule has 2 aliphatic rings. The van der Waals surface area contributed by atoms with Crippen molar-refractivity contribution in [2.45, 2.75) is 44.6 Å². The highest BCUT2D eigenvalue weighted by Crippen LogP contribution is 2.32. The van der Waals surface area contributed by atoms with Gasteiger partial charge in [-0.2, -0.15) is 0 Å². The number of amides is 3. The zero-order chi connectivity index (χ0) is 21.7. The smallest absolute Gasteiger partial charge is 0.250 e. The molecule has 0 bridgehead atoms. The van der Waals surface area contributed by atoms with E-state index in [9.17, 15) is 24.0 Å². The molecule has 1 saturated heterocycles. The molecule has 2 heterocycles. The van der Waals surface area contributed by atoms with Crippen LogP contribution in [0.3, 0.4) is 0 Å². The van der Waals surface area contributed by atoms with Gasteiger partial charge in [0.05, 0.1) is 18.7 Å². The molecule has 2 unspecified atom stereocenters. The minimum absolute atomic E-state index is 0.114. The van der Waals surface area contributed by atoms with Gasteiger partial charge in [0.15, 0.2) is 0 Å². The van der Waals surface area contributed by atoms with Crippen molar-refractivity contribution in [2.75, 3.05) is 25.5 Å². The van der Waals surface area contributed by atoms with Crippen molar-refractivity contribution in [1.82, 2.24) is 20.1 Å². The molecule has 1 aromatic heterocycles. The Hall–Kier alpha value is -2.59. The average Bonchev–Trinajstić information content (AvgIpc) is 3.38. The second-order valence-corrected chi connectivity index (χ2v) is 8.03. The molecule has 2 fully saturated rings. The summed E-state index contributed by atoms with van der Waals surface area (Å²) >= 11 is 0. The predicted molar refractivity (Wildman–Crippen MR) is 105 cm³/mol. The molecule has 3 amide bonds. The topological polar surface area (TPSA) is 106 Å². The number of rotatable bonds is 8. The van der Waals surface area contributed by atoms with E-state index in [1.807, 2.05) is 0 Å². The van der Waals surface area contributed by atoms with E-state index >= 15 is 0 Å². The molecule has 1 aliphatic carbocycles. The Morgan fingerprint density at radius 1 is 1.37 bits per heavy atom. The Labute approximate surface area is 174 Å². The van der Waals surface area contributed by atoms with Crippen LogP contribution in [0.5, 0.6) is 0 Å². The number of pyridine rings is 1. The fourth-order valence-electron chi connectivity index (χ4n) is 4.36. The molecule has 0 radical (unpaired) electrons. The third kappa shape index (κ3) is 5.31. The second-order valence-electron chi connectivity index (χ2n) is 8.03. The van der Waals surface area contributed by atoms with E-state index in [2.05, 4.69) is 10.3 Å². The average molecular weight is 421 g/mol. The zero-order valence-corrected chi connectivity index (χ0v) is 17.0. The first kappa shape index (κ1) is 22.1. The molecule has 164 valence electrons. The summed E-state index contributed by atoms with van der Waals surface area (Å²) in [5.41, 5.74) is 0. The van der Waals surface area contributed by atoms with Gasteiger partial charge < -0.3 is 5.32 Å². The van der Waals surface area contributed by atoms with Gasteiger partial charge in [-0.3, -0.25) is 24.6 Å². The van der Waals surface area contributed by atoms with Crippen molar-refractivity contribution >= 4 is 24.0 Å². The van der Waals surface area contributed by atoms with Crippen LogP contribution in [-0.2, 0) is 14.4 Å². The number of hydrogen-bond donors (Lipinski definition) is 2. The largest absolute Gasteiger partial charge is 0.309 e. The maximum absolute atomic E-state index is 13.4. The number of carbonyl (C=O) groups excluding carboxylic acids is 3. The summed E-state index contributed by atoms with van der Waals surface area (Å²) in [5.74, 6) is -1.26. The first-order valence-corrected chi connectivity index (χ1v) is 10.3. The number of hydrogen-bond acceptors (Lipinski definition) is 6. The van der Waals surface area contributed by atoms with Crippen LogP contribution in [-0.4, -0.2) is 69.7 Å². The number of nitrogens with one attached hydrogen (secondary N) is 1. The van der Waals surface area contributed by atoms with Gasteiger partial charge >= 0.3 is 0 Å². The van der Waals surface area contributed by atoms with Crippen molar-refractivity contribution in [1.29, 1.82) is 0 Å². The van der Waals surface area contributed by atoms with Gasteiger partial charge in [0, 0.05) is 13.6 Å². The Balaban J connectivity index is 1.73. The second kappa shape index (κ2) is 9.94. The van der Waals surface area contributed by atoms with Gasteiger partial charge in [0.2, 0.25) is 18.2 Å². The molecule has 9 nitrogen and oxygen atoms in total. The molecule has 1 saturated carbocycles. The van der Waals surface area contributed by atoms with Crippen LogP contribution in [0.25, 0.3) is 0 Å². The van der Waals surface area contributed by atoms with Crippen LogP contribution in [0.1, 0.15) is 38.5 Å². The summed E-state index contributed by atoms with van der Waals surface area (Å²) in [6, 6.07) is 1.80. The lowest BCUT2D eigenvalue weighted by Gasteiger charge is -2.33. The Morgan fingerprint density at radius 3 is 2.73 bits per heavy atom. The lowest BCUT2D eigenvalue weighted by molar-refractivity contribution is -0.164. The maximum Gasteiger partial charge on any atom is 0.250 e. The highest BCUT2D eigenvalue weighted by Gasteiger charge is 2.41. The molecular weight excluding hydrogens is 393 g/mol. The summed E-state index contributed by atoms with van der Waals surface area (Å²) < 4.78 is 13.0. The fourth-order valence-corrected chi connectivity index (χ4v) is 4.36. The number of hydrazine groups is 1. The van der Waals surface area contributed by atoms with E-state index in [0.29, 0.717) is 30.4 Å². The van der Waals surface area contributed by atoms with E-state index in [0.717, 1.165) is 31.9 Å². The van der Waals surface area contributed by atoms with E-state index in [4.69, 9.17) is 0 Å². The number of anilines is 1. The number of halogens is 1. The third-order valence-corrected chi connectivity index (χ3v) is 5.87. The number of carbonyl (C=O) groups is 3. The molecule has 1 aliphatic heterocycles. The molecular formula is C20H28FN5O4. The SMILES string of the molecule is CN1CCC(C(=O)Nc2ccc(F)cn2)N1C(=O)C(CC1CCCC1)CN(O)C=O. The molecule has 0 spiro atoms. The van der Waals surface area contributed by atoms with E-state index in [-0.39, 0.29) is 24.7 Å². The van der Waals surface area contributed by atoms with E-state index in [1.54, 1.807) is 12.1 Å². The van der Waals surface area contributed by atoms with E-state index < -0.39 is 23.7 Å². The van der Waals surface area contributed by atoms with Crippen LogP contribution in [0.4, 0.5) is 10.2 Å². The quantitative estimate of drug-likeness (QED) is 0.376. The van der Waals surface area contributed by atoms with Gasteiger partial charge in [-0.25, -0.2) is 19.4 Å². The number of aromatic nitrogens is 1. The molecule has 3 rings (SSSR count). The molecule has 10 heteroatoms. The number of nitrogens with zero attached hydrogens (tertiary/aromatic N) is 4. The van der Waals surface area contributed by atoms with Crippen molar-refractivity contribution in [3.63, 3.8) is 0 Å². The molecule has 30 heavy (non-hydrogen) atoms. The van der Waals surface area contributed by atoms with Crippen LogP contribution in [0, 0.1) is 17.7 Å². The van der Waals surface area contributed by atoms with Crippen molar-refractivity contribution in [3.8, 4) is 0 Å². The van der Waals surface area contributed by atoms with Gasteiger partial charge in [-0.05, 0) is 30.9 Å². The summed E-state index contributed by atoms with van der Waals surface area (Å²) in [5, 5.41) is 15.9. The van der Waals surface area contributed by atoms with Gasteiger partial charge in [0.25, 0.3) is 0 Å². The Bertz CT molecular complexity index is 756. The van der Waals surface area contributed by atoms with Gasteiger partial charge in [-0.1, -0.05) is 25.7 Å². The summed E-state index contributed by atoms with van der Waals surface area (Å²) in [7, 11) is 1.73. The summed E-state index contributed by atoms with van der Waals surface area (Å²) in [4.78, 5) is 41.0. The van der Waals surface area contributed by atoms with Gasteiger partial charge in [-0.15, -0.1) is 0 Å². The van der Waals surface area contributed by atoms with Crippen LogP contribution in [0.2, 0.25) is 0 Å². The maximum atomic E-state index is 13.4. The van der Waals surface area contributed by atoms with Crippen molar-refractivity contribution in [3.05, 3.63) is 24.1 Å². The standard InChI is InChI=1S/C20H28FN5O4/c1-24-9-8-17(19(28)23-18-7-6-16(21)11-22-18)26(24)20(29)15(12-25(30)13-27)10-14-4-2-3-5-14/h6-7,11,13-15,17,30H,2-5,8-10,12H2,1H3,(H,22,23,28). The van der Waals surface area contributed by atoms with Crippen LogP contribution in [0.15, 0.2) is 18.3 Å². The Morgan fingerprint density at radius 2 is 2.10 bits per heavy atom. The van der Waals surface area contributed by atoms with E-state index in [1.165, 1.54) is 17.1 Å². The fraction of sp³-hybridized carbons (Fsp3) is 0.600. The minimum Gasteiger partial charge on any atom is -0.309 e. The minimum atomic E-state index is -0.746. The summed E-state index contributed by atoms with van der Waals surface area (Å²) in [6.07, 6.45) is 6.55. The lowest BCUT2D eigenvalue weighted by Crippen LogP contribution is -2.52. The van der Waals surface area contributed by atoms with Crippen molar-refractivity contribution < 1.29 is 24.0 Å². The molecule has 2 N–H and O–H groups in total. The lowest BCUT2D eigenvalue weighted by atomic mass is 9.92. The highest BCUT2D eigenvalue weighted by molar-refractivity contribution is 5.97. The third-order valence-electron chi connectivity index (χ3n) is 5.87. The highest BCUT2D eigenvalue weighted by atomic mass is 19.1. The first-order valence-electron chi connectivity index (χ1n) is 10.3. The first-order chi connectivity index (χ1) is 14.4. The number of hydroxylamine groups is 2. The monoisotopic (exact) mass is 421 g/mol. The van der Waals surface area contributed by atoms with Crippen LogP contribution >= 0.6 is 0 Å².